The molecule has 0 aromatic carbocycles. The molecule has 1 aliphatic carbocycles. The van der Waals surface area contributed by atoms with Gasteiger partial charge >= 0.3 is 0 Å². The Morgan fingerprint density at radius 2 is 2.04 bits per heavy atom. The number of rotatable bonds is 2. The van der Waals surface area contributed by atoms with Gasteiger partial charge in [0, 0.05) is 37.5 Å². The lowest BCUT2D eigenvalue weighted by Crippen LogP contribution is -2.42. The maximum absolute atomic E-state index is 13.3. The molecule has 0 saturated carbocycles. The Bertz CT molecular complexity index is 1000. The van der Waals surface area contributed by atoms with Crippen molar-refractivity contribution in [2.75, 3.05) is 6.54 Å². The van der Waals surface area contributed by atoms with E-state index in [-0.39, 0.29) is 28.7 Å². The molecule has 7 heteroatoms. The molecule has 28 heavy (non-hydrogen) atoms. The summed E-state index contributed by atoms with van der Waals surface area (Å²) in [4.78, 5) is 43.2. The zero-order chi connectivity index (χ0) is 20.1. The third kappa shape index (κ3) is 3.19. The van der Waals surface area contributed by atoms with Gasteiger partial charge in [-0.05, 0) is 43.2 Å². The predicted molar refractivity (Wildman–Crippen MR) is 104 cm³/mol. The van der Waals surface area contributed by atoms with Crippen molar-refractivity contribution in [3.05, 3.63) is 51.2 Å². The Morgan fingerprint density at radius 3 is 2.75 bits per heavy atom. The first kappa shape index (κ1) is 18.7. The first-order valence-electron chi connectivity index (χ1n) is 9.85. The van der Waals surface area contributed by atoms with Crippen molar-refractivity contribution >= 4 is 11.7 Å². The minimum atomic E-state index is -0.413. The maximum atomic E-state index is 13.3. The van der Waals surface area contributed by atoms with Crippen LogP contribution in [0.5, 0.6) is 0 Å². The van der Waals surface area contributed by atoms with Crippen LogP contribution < -0.4 is 5.56 Å². The van der Waals surface area contributed by atoms with Crippen LogP contribution in [0.2, 0.25) is 0 Å². The zero-order valence-electron chi connectivity index (χ0n) is 16.6. The monoisotopic (exact) mass is 382 g/mol. The second-order valence-electron chi connectivity index (χ2n) is 8.74. The lowest BCUT2D eigenvalue weighted by atomic mass is 9.75. The summed E-state index contributed by atoms with van der Waals surface area (Å²) in [5.41, 5.74) is 1.54. The quantitative estimate of drug-likeness (QED) is 0.865. The van der Waals surface area contributed by atoms with Crippen molar-refractivity contribution in [2.24, 2.45) is 12.5 Å². The Morgan fingerprint density at radius 1 is 1.25 bits per heavy atom. The van der Waals surface area contributed by atoms with Gasteiger partial charge < -0.3 is 9.88 Å². The number of likely N-dealkylation sites (tertiary alicyclic amines) is 1. The highest BCUT2D eigenvalue weighted by Gasteiger charge is 2.35. The Hall–Kier alpha value is -2.70. The molecule has 0 radical (unpaired) electrons. The molecule has 1 saturated heterocycles. The summed E-state index contributed by atoms with van der Waals surface area (Å²) in [6.45, 7) is 4.61. The number of fused-ring (bicyclic) bond motifs is 1. The SMILES string of the molecule is Cn1nccc1[C@H]1CCCCN1C(=O)c1cc2c([nH]c1=O)CC(C)(C)CC2=O. The van der Waals surface area contributed by atoms with E-state index in [1.54, 1.807) is 15.8 Å². The Kier molecular flexibility index (Phi) is 4.48. The van der Waals surface area contributed by atoms with Gasteiger partial charge in [-0.25, -0.2) is 0 Å². The van der Waals surface area contributed by atoms with E-state index in [1.807, 2.05) is 27.0 Å². The third-order valence-electron chi connectivity index (χ3n) is 5.91. The van der Waals surface area contributed by atoms with E-state index in [2.05, 4.69) is 10.1 Å². The van der Waals surface area contributed by atoms with Crippen molar-refractivity contribution in [3.63, 3.8) is 0 Å². The molecule has 1 N–H and O–H groups in total. The fourth-order valence-electron chi connectivity index (χ4n) is 4.53. The largest absolute Gasteiger partial charge is 0.330 e. The number of aryl methyl sites for hydroxylation is 1. The summed E-state index contributed by atoms with van der Waals surface area (Å²) in [6.07, 6.45) is 5.52. The smallest absolute Gasteiger partial charge is 0.261 e. The van der Waals surface area contributed by atoms with Gasteiger partial charge in [0.05, 0.1) is 11.7 Å². The molecule has 148 valence electrons. The first-order chi connectivity index (χ1) is 13.3. The number of Topliss-reactive ketones (excluding diaryl/α,β-unsaturated/α-hetero) is 1. The summed E-state index contributed by atoms with van der Waals surface area (Å²) in [6, 6.07) is 3.32. The molecule has 0 bridgehead atoms. The van der Waals surface area contributed by atoms with Gasteiger partial charge in [-0.1, -0.05) is 13.8 Å². The number of amides is 1. The first-order valence-corrected chi connectivity index (χ1v) is 9.85. The predicted octanol–water partition coefficient (Wildman–Crippen LogP) is 2.63. The molecule has 0 spiro atoms. The molecule has 1 fully saturated rings. The number of nitrogens with zero attached hydrogens (tertiary/aromatic N) is 3. The number of aromatic amines is 1. The van der Waals surface area contributed by atoms with E-state index >= 15 is 0 Å². The normalized spacial score (nSPS) is 21.5. The average molecular weight is 382 g/mol. The summed E-state index contributed by atoms with van der Waals surface area (Å²) < 4.78 is 1.78. The van der Waals surface area contributed by atoms with Crippen LogP contribution in [0.15, 0.2) is 23.1 Å². The minimum Gasteiger partial charge on any atom is -0.330 e. The Balaban J connectivity index is 1.72. The highest BCUT2D eigenvalue weighted by Crippen LogP contribution is 2.34. The Labute approximate surface area is 163 Å². The van der Waals surface area contributed by atoms with E-state index in [0.717, 1.165) is 25.0 Å². The lowest BCUT2D eigenvalue weighted by molar-refractivity contribution is 0.0599. The topological polar surface area (TPSA) is 88.1 Å². The molecule has 1 aliphatic heterocycles. The van der Waals surface area contributed by atoms with Crippen LogP contribution in [0.25, 0.3) is 0 Å². The van der Waals surface area contributed by atoms with Crippen molar-refractivity contribution in [1.29, 1.82) is 0 Å². The van der Waals surface area contributed by atoms with Gasteiger partial charge in [-0.3, -0.25) is 19.1 Å². The number of hydrogen-bond acceptors (Lipinski definition) is 4. The number of piperidine rings is 1. The van der Waals surface area contributed by atoms with Gasteiger partial charge in [0.25, 0.3) is 11.5 Å². The van der Waals surface area contributed by atoms with E-state index < -0.39 is 5.56 Å². The number of H-pyrrole nitrogens is 1. The summed E-state index contributed by atoms with van der Waals surface area (Å²) >= 11 is 0. The molecule has 0 unspecified atom stereocenters. The molecule has 7 nitrogen and oxygen atoms in total. The average Bonchev–Trinajstić information content (AvgIpc) is 3.05. The van der Waals surface area contributed by atoms with Crippen LogP contribution >= 0.6 is 0 Å². The summed E-state index contributed by atoms with van der Waals surface area (Å²) in [7, 11) is 1.86. The number of carbonyl (C=O) groups excluding carboxylic acids is 2. The molecule has 3 heterocycles. The lowest BCUT2D eigenvalue weighted by Gasteiger charge is -2.36. The second-order valence-corrected chi connectivity index (χ2v) is 8.74. The van der Waals surface area contributed by atoms with Crippen molar-refractivity contribution in [1.82, 2.24) is 19.7 Å². The number of hydrogen-bond donors (Lipinski definition) is 1. The summed E-state index contributed by atoms with van der Waals surface area (Å²) in [5, 5.41) is 4.22. The van der Waals surface area contributed by atoms with Crippen LogP contribution in [0, 0.1) is 5.41 Å². The third-order valence-corrected chi connectivity index (χ3v) is 5.91. The van der Waals surface area contributed by atoms with Crippen LogP contribution in [0.4, 0.5) is 0 Å². The molecule has 2 aromatic heterocycles. The van der Waals surface area contributed by atoms with E-state index in [9.17, 15) is 14.4 Å². The van der Waals surface area contributed by atoms with Crippen molar-refractivity contribution in [2.45, 2.75) is 52.0 Å². The number of nitrogens with one attached hydrogen (secondary N) is 1. The van der Waals surface area contributed by atoms with Crippen LogP contribution in [-0.4, -0.2) is 37.9 Å². The van der Waals surface area contributed by atoms with Gasteiger partial charge in [-0.15, -0.1) is 0 Å². The number of ketones is 1. The van der Waals surface area contributed by atoms with Gasteiger partial charge in [0.2, 0.25) is 0 Å². The molecule has 1 amide bonds. The highest BCUT2D eigenvalue weighted by molar-refractivity contribution is 6.02. The van der Waals surface area contributed by atoms with E-state index in [4.69, 9.17) is 0 Å². The van der Waals surface area contributed by atoms with Crippen LogP contribution in [0.3, 0.4) is 0 Å². The fraction of sp³-hybridized carbons (Fsp3) is 0.524. The number of aromatic nitrogens is 3. The number of pyridine rings is 1. The second kappa shape index (κ2) is 6.72. The standard InChI is InChI=1S/C21H26N4O3/c1-21(2)11-15-13(18(26)12-21)10-14(19(27)23-15)20(28)25-9-5-4-6-17(25)16-7-8-22-24(16)3/h7-8,10,17H,4-6,9,11-12H2,1-3H3,(H,23,27)/t17-/m1/s1. The van der Waals surface area contributed by atoms with Crippen molar-refractivity contribution < 1.29 is 9.59 Å². The molecule has 4 rings (SSSR count). The van der Waals surface area contributed by atoms with Crippen molar-refractivity contribution in [3.8, 4) is 0 Å². The zero-order valence-corrected chi connectivity index (χ0v) is 16.6. The molecule has 1 atom stereocenters. The molecular formula is C21H26N4O3. The van der Waals surface area contributed by atoms with Crippen LogP contribution in [-0.2, 0) is 13.5 Å². The number of carbonyl (C=O) groups is 2. The van der Waals surface area contributed by atoms with Gasteiger partial charge in [0.15, 0.2) is 5.78 Å². The fourth-order valence-corrected chi connectivity index (χ4v) is 4.53. The van der Waals surface area contributed by atoms with Gasteiger partial charge in [0.1, 0.15) is 5.56 Å². The maximum Gasteiger partial charge on any atom is 0.261 e. The molecular weight excluding hydrogens is 356 g/mol. The summed E-state index contributed by atoms with van der Waals surface area (Å²) in [5.74, 6) is -0.328. The molecule has 2 aromatic rings. The van der Waals surface area contributed by atoms with Crippen LogP contribution in [0.1, 0.15) is 77.7 Å². The van der Waals surface area contributed by atoms with Gasteiger partial charge in [-0.2, -0.15) is 5.10 Å². The minimum absolute atomic E-state index is 0.0154. The highest BCUT2D eigenvalue weighted by atomic mass is 16.2. The van der Waals surface area contributed by atoms with E-state index in [0.29, 0.717) is 30.6 Å². The molecule has 2 aliphatic rings. The van der Waals surface area contributed by atoms with E-state index in [1.165, 1.54) is 6.07 Å².